The summed E-state index contributed by atoms with van der Waals surface area (Å²) in [7, 11) is 1.80. The van der Waals surface area contributed by atoms with Crippen molar-refractivity contribution in [3.05, 3.63) is 60.2 Å². The van der Waals surface area contributed by atoms with Gasteiger partial charge in [-0.05, 0) is 61.1 Å². The Balaban J connectivity index is 1.49. The van der Waals surface area contributed by atoms with Crippen molar-refractivity contribution in [3.63, 3.8) is 0 Å². The standard InChI is InChI=1S/C25H27N7/c1-16-7-18-13-31(14-19(18)8-16)24-4-3-17(11-29-24)22-9-20(23(27)5-6-28-2)15-32-25(22)21(10-26)12-30-32/h3-6,9,11-12,15-16,18-19,27-28H,7-8,13-14H2,1-2H3/b6-5-,27-23?/t16?,18-,19+. The van der Waals surface area contributed by atoms with Gasteiger partial charge in [0, 0.05) is 49.2 Å². The molecule has 5 rings (SSSR count). The molecule has 2 aliphatic rings. The number of pyridine rings is 2. The number of rotatable bonds is 5. The van der Waals surface area contributed by atoms with Gasteiger partial charge in [0.05, 0.1) is 23.0 Å². The number of hydrogen-bond acceptors (Lipinski definition) is 6. The van der Waals surface area contributed by atoms with Crippen LogP contribution in [0.2, 0.25) is 0 Å². The molecule has 7 heteroatoms. The predicted molar refractivity (Wildman–Crippen MR) is 126 cm³/mol. The van der Waals surface area contributed by atoms with Crippen LogP contribution < -0.4 is 10.2 Å². The molecule has 0 aromatic carbocycles. The van der Waals surface area contributed by atoms with Crippen LogP contribution in [0.3, 0.4) is 0 Å². The van der Waals surface area contributed by atoms with Crippen LogP contribution in [0, 0.1) is 34.5 Å². The monoisotopic (exact) mass is 425 g/mol. The van der Waals surface area contributed by atoms with E-state index in [2.05, 4.69) is 40.4 Å². The highest BCUT2D eigenvalue weighted by Gasteiger charge is 2.39. The number of hydrogen-bond donors (Lipinski definition) is 2. The van der Waals surface area contributed by atoms with Crippen molar-refractivity contribution in [2.24, 2.45) is 17.8 Å². The smallest absolute Gasteiger partial charge is 0.128 e. The summed E-state index contributed by atoms with van der Waals surface area (Å²) >= 11 is 0. The third-order valence-electron chi connectivity index (χ3n) is 6.83. The Morgan fingerprint density at radius 3 is 2.69 bits per heavy atom. The van der Waals surface area contributed by atoms with Gasteiger partial charge in [-0.3, -0.25) is 0 Å². The fraction of sp³-hybridized carbons (Fsp3) is 0.360. The lowest BCUT2D eigenvalue weighted by atomic mass is 10.0. The minimum atomic E-state index is 0.360. The molecule has 0 radical (unpaired) electrons. The minimum absolute atomic E-state index is 0.360. The molecule has 7 nitrogen and oxygen atoms in total. The maximum atomic E-state index is 9.59. The van der Waals surface area contributed by atoms with E-state index in [1.54, 1.807) is 36.2 Å². The summed E-state index contributed by atoms with van der Waals surface area (Å²) in [4.78, 5) is 7.20. The van der Waals surface area contributed by atoms with E-state index in [1.165, 1.54) is 12.8 Å². The Bertz CT molecular complexity index is 1220. The summed E-state index contributed by atoms with van der Waals surface area (Å²) in [6.45, 7) is 4.55. The van der Waals surface area contributed by atoms with Crippen LogP contribution >= 0.6 is 0 Å². The summed E-state index contributed by atoms with van der Waals surface area (Å²) in [5.74, 6) is 3.46. The first kappa shape index (κ1) is 20.3. The molecular formula is C25H27N7. The zero-order valence-corrected chi connectivity index (χ0v) is 18.4. The number of nitrogens with zero attached hydrogens (tertiary/aromatic N) is 5. The van der Waals surface area contributed by atoms with Crippen molar-refractivity contribution < 1.29 is 0 Å². The lowest BCUT2D eigenvalue weighted by Gasteiger charge is -2.19. The molecule has 32 heavy (non-hydrogen) atoms. The van der Waals surface area contributed by atoms with E-state index >= 15 is 0 Å². The number of fused-ring (bicyclic) bond motifs is 2. The van der Waals surface area contributed by atoms with Gasteiger partial charge in [0.2, 0.25) is 0 Å². The number of aromatic nitrogens is 3. The third kappa shape index (κ3) is 3.52. The minimum Gasteiger partial charge on any atom is -0.394 e. The fourth-order valence-electron chi connectivity index (χ4n) is 5.36. The van der Waals surface area contributed by atoms with Gasteiger partial charge in [-0.1, -0.05) is 6.92 Å². The largest absolute Gasteiger partial charge is 0.394 e. The highest BCUT2D eigenvalue weighted by molar-refractivity contribution is 6.07. The molecule has 0 spiro atoms. The first-order valence-corrected chi connectivity index (χ1v) is 11.1. The Morgan fingerprint density at radius 2 is 2.03 bits per heavy atom. The summed E-state index contributed by atoms with van der Waals surface area (Å²) in [6.07, 6.45) is 11.3. The second kappa shape index (κ2) is 8.12. The van der Waals surface area contributed by atoms with Gasteiger partial charge in [-0.15, -0.1) is 0 Å². The SMILES string of the molecule is CN/C=C\C(=N)c1cc(-c2ccc(N3C[C@H]4CC(C)C[C@H]4C3)nc2)c2c(C#N)cnn2c1. The molecule has 3 aromatic heterocycles. The maximum absolute atomic E-state index is 9.59. The summed E-state index contributed by atoms with van der Waals surface area (Å²) in [5.41, 5.74) is 4.09. The number of nitrogens with one attached hydrogen (secondary N) is 2. The molecule has 2 N–H and O–H groups in total. The normalized spacial score (nSPS) is 22.4. The fourth-order valence-corrected chi connectivity index (χ4v) is 5.36. The van der Waals surface area contributed by atoms with Gasteiger partial charge in [0.25, 0.3) is 0 Å². The van der Waals surface area contributed by atoms with Crippen molar-refractivity contribution >= 4 is 17.0 Å². The highest BCUT2D eigenvalue weighted by atomic mass is 15.2. The lowest BCUT2D eigenvalue weighted by Crippen LogP contribution is -2.22. The van der Waals surface area contributed by atoms with Gasteiger partial charge in [0.15, 0.2) is 0 Å². The number of allylic oxidation sites excluding steroid dienone is 1. The molecule has 1 aliphatic heterocycles. The topological polar surface area (TPSA) is 93.1 Å². The van der Waals surface area contributed by atoms with E-state index < -0.39 is 0 Å². The van der Waals surface area contributed by atoms with Gasteiger partial charge in [-0.2, -0.15) is 10.4 Å². The molecule has 4 heterocycles. The van der Waals surface area contributed by atoms with Gasteiger partial charge >= 0.3 is 0 Å². The van der Waals surface area contributed by atoms with Crippen molar-refractivity contribution in [2.45, 2.75) is 19.8 Å². The average Bonchev–Trinajstić information content (AvgIpc) is 3.49. The molecule has 3 atom stereocenters. The van der Waals surface area contributed by atoms with E-state index in [9.17, 15) is 5.26 Å². The molecule has 1 unspecified atom stereocenters. The molecule has 1 saturated heterocycles. The first-order chi connectivity index (χ1) is 15.6. The predicted octanol–water partition coefficient (Wildman–Crippen LogP) is 3.85. The van der Waals surface area contributed by atoms with Gasteiger partial charge < -0.3 is 15.6 Å². The van der Waals surface area contributed by atoms with Crippen LogP contribution in [0.4, 0.5) is 5.82 Å². The Hall–Kier alpha value is -3.66. The van der Waals surface area contributed by atoms with Crippen LogP contribution in [-0.4, -0.2) is 40.4 Å². The quantitative estimate of drug-likeness (QED) is 0.606. The zero-order valence-electron chi connectivity index (χ0n) is 18.4. The molecule has 0 bridgehead atoms. The maximum Gasteiger partial charge on any atom is 0.128 e. The van der Waals surface area contributed by atoms with E-state index in [0.717, 1.165) is 58.9 Å². The van der Waals surface area contributed by atoms with Crippen molar-refractivity contribution in [3.8, 4) is 17.2 Å². The highest BCUT2D eigenvalue weighted by Crippen LogP contribution is 2.42. The number of anilines is 1. The van der Waals surface area contributed by atoms with Gasteiger partial charge in [-0.25, -0.2) is 9.50 Å². The Morgan fingerprint density at radius 1 is 1.25 bits per heavy atom. The van der Waals surface area contributed by atoms with E-state index in [4.69, 9.17) is 10.4 Å². The molecular weight excluding hydrogens is 398 g/mol. The second-order valence-electron chi connectivity index (χ2n) is 9.05. The molecule has 162 valence electrons. The molecule has 0 amide bonds. The second-order valence-corrected chi connectivity index (χ2v) is 9.05. The van der Waals surface area contributed by atoms with E-state index in [0.29, 0.717) is 11.3 Å². The van der Waals surface area contributed by atoms with Crippen molar-refractivity contribution in [2.75, 3.05) is 25.0 Å². The molecule has 1 saturated carbocycles. The summed E-state index contributed by atoms with van der Waals surface area (Å²) in [6, 6.07) is 8.33. The van der Waals surface area contributed by atoms with Crippen LogP contribution in [0.25, 0.3) is 16.6 Å². The first-order valence-electron chi connectivity index (χ1n) is 11.1. The van der Waals surface area contributed by atoms with E-state index in [-0.39, 0.29) is 0 Å². The Labute approximate surface area is 187 Å². The average molecular weight is 426 g/mol. The van der Waals surface area contributed by atoms with Crippen LogP contribution in [0.5, 0.6) is 0 Å². The summed E-state index contributed by atoms with van der Waals surface area (Å²) < 4.78 is 1.68. The van der Waals surface area contributed by atoms with Gasteiger partial charge in [0.1, 0.15) is 11.9 Å². The summed E-state index contributed by atoms with van der Waals surface area (Å²) in [5, 5.41) is 25.2. The van der Waals surface area contributed by atoms with Crippen molar-refractivity contribution in [1.82, 2.24) is 19.9 Å². The van der Waals surface area contributed by atoms with Crippen molar-refractivity contribution in [1.29, 1.82) is 10.7 Å². The molecule has 3 aromatic rings. The van der Waals surface area contributed by atoms with Crippen LogP contribution in [0.15, 0.2) is 49.1 Å². The van der Waals surface area contributed by atoms with E-state index in [1.807, 2.05) is 12.3 Å². The lowest BCUT2D eigenvalue weighted by molar-refractivity contribution is 0.494. The molecule has 2 fully saturated rings. The zero-order chi connectivity index (χ0) is 22.2. The van der Waals surface area contributed by atoms with Crippen LogP contribution in [0.1, 0.15) is 30.9 Å². The number of nitriles is 1. The Kier molecular flexibility index (Phi) is 5.14. The molecule has 1 aliphatic carbocycles. The third-order valence-corrected chi connectivity index (χ3v) is 6.83. The van der Waals surface area contributed by atoms with Crippen LogP contribution in [-0.2, 0) is 0 Å².